The van der Waals surface area contributed by atoms with Crippen molar-refractivity contribution in [3.05, 3.63) is 36.0 Å². The van der Waals surface area contributed by atoms with Crippen LogP contribution in [0.4, 0.5) is 0 Å². The van der Waals surface area contributed by atoms with Crippen LogP contribution in [0.3, 0.4) is 0 Å². The highest BCUT2D eigenvalue weighted by Crippen LogP contribution is 2.17. The number of nitrogens with one attached hydrogen (secondary N) is 2. The Labute approximate surface area is 129 Å². The molecule has 1 fully saturated rings. The van der Waals surface area contributed by atoms with Gasteiger partial charge < -0.3 is 15.2 Å². The first-order chi connectivity index (χ1) is 10.3. The minimum Gasteiger partial charge on any atom is -0.376 e. The van der Waals surface area contributed by atoms with Crippen LogP contribution in [0.1, 0.15) is 18.4 Å². The molecule has 1 aromatic heterocycles. The molecule has 0 atom stereocenters. The van der Waals surface area contributed by atoms with Crippen LogP contribution in [0.5, 0.6) is 0 Å². The van der Waals surface area contributed by atoms with Gasteiger partial charge in [0.15, 0.2) is 0 Å². The van der Waals surface area contributed by atoms with Crippen LogP contribution in [0.2, 0.25) is 0 Å². The highest BCUT2D eigenvalue weighted by molar-refractivity contribution is 7.80. The third-order valence-corrected chi connectivity index (χ3v) is 4.55. The van der Waals surface area contributed by atoms with E-state index in [2.05, 4.69) is 28.5 Å². The number of aromatic nitrogens is 1. The summed E-state index contributed by atoms with van der Waals surface area (Å²) in [7, 11) is 0. The summed E-state index contributed by atoms with van der Waals surface area (Å²) >= 11 is 5.48. The van der Waals surface area contributed by atoms with Crippen molar-refractivity contribution in [3.8, 4) is 0 Å². The number of fused-ring (bicyclic) bond motifs is 1. The first-order valence-corrected chi connectivity index (χ1v) is 7.72. The predicted molar refractivity (Wildman–Crippen MR) is 88.4 cm³/mol. The van der Waals surface area contributed by atoms with Crippen LogP contribution in [-0.4, -0.2) is 40.9 Å². The molecule has 1 aromatic carbocycles. The largest absolute Gasteiger partial charge is 0.376 e. The fourth-order valence-electron chi connectivity index (χ4n) is 2.80. The van der Waals surface area contributed by atoms with Crippen LogP contribution in [-0.2, 0) is 4.79 Å². The van der Waals surface area contributed by atoms with Crippen LogP contribution < -0.4 is 5.32 Å². The maximum absolute atomic E-state index is 10.7. The lowest BCUT2D eigenvalue weighted by Gasteiger charge is -2.29. The molecule has 5 heteroatoms. The summed E-state index contributed by atoms with van der Waals surface area (Å²) in [4.78, 5) is 16.5. The van der Waals surface area contributed by atoms with Crippen LogP contribution in [0.25, 0.3) is 10.9 Å². The lowest BCUT2D eigenvalue weighted by Crippen LogP contribution is -2.37. The van der Waals surface area contributed by atoms with Crippen molar-refractivity contribution in [1.82, 2.24) is 15.2 Å². The smallest absolute Gasteiger partial charge is 0.209 e. The number of carbonyl (C=O) groups is 1. The normalized spacial score (nSPS) is 16.1. The first kappa shape index (κ1) is 14.1. The summed E-state index contributed by atoms with van der Waals surface area (Å²) in [5, 5.41) is 4.55. The van der Waals surface area contributed by atoms with Gasteiger partial charge in [-0.15, -0.1) is 0 Å². The molecular weight excluding hydrogens is 282 g/mol. The van der Waals surface area contributed by atoms with E-state index in [4.69, 9.17) is 12.2 Å². The van der Waals surface area contributed by atoms with Crippen molar-refractivity contribution in [2.24, 2.45) is 5.92 Å². The Morgan fingerprint density at radius 3 is 2.95 bits per heavy atom. The fraction of sp³-hybridized carbons (Fsp3) is 0.375. The van der Waals surface area contributed by atoms with Gasteiger partial charge in [-0.2, -0.15) is 0 Å². The highest BCUT2D eigenvalue weighted by atomic mass is 32.1. The first-order valence-electron chi connectivity index (χ1n) is 7.31. The topological polar surface area (TPSA) is 48.1 Å². The van der Waals surface area contributed by atoms with Gasteiger partial charge in [0.05, 0.1) is 0 Å². The maximum atomic E-state index is 10.7. The van der Waals surface area contributed by atoms with Gasteiger partial charge in [-0.05, 0) is 43.0 Å². The third kappa shape index (κ3) is 3.24. The second-order valence-corrected chi connectivity index (χ2v) is 5.98. The van der Waals surface area contributed by atoms with Crippen molar-refractivity contribution in [2.75, 3.05) is 19.6 Å². The number of rotatable bonds is 4. The fourth-order valence-corrected chi connectivity index (χ4v) is 3.01. The zero-order valence-corrected chi connectivity index (χ0v) is 12.7. The van der Waals surface area contributed by atoms with Gasteiger partial charge in [-0.25, -0.2) is 0 Å². The summed E-state index contributed by atoms with van der Waals surface area (Å²) in [5.41, 5.74) is 2.19. The van der Waals surface area contributed by atoms with E-state index >= 15 is 0 Å². The summed E-state index contributed by atoms with van der Waals surface area (Å²) in [5.74, 6) is 0.593. The zero-order valence-electron chi connectivity index (χ0n) is 11.8. The molecule has 2 aromatic rings. The Bertz CT molecular complexity index is 644. The molecular formula is C16H19N3OS. The molecule has 0 spiro atoms. The molecule has 110 valence electrons. The number of aromatic amines is 1. The number of nitrogens with zero attached hydrogens (tertiary/aromatic N) is 1. The van der Waals surface area contributed by atoms with E-state index in [1.165, 1.54) is 5.39 Å². The molecule has 3 rings (SSSR count). The van der Waals surface area contributed by atoms with Gasteiger partial charge >= 0.3 is 0 Å². The zero-order chi connectivity index (χ0) is 14.7. The minimum atomic E-state index is 0.593. The van der Waals surface area contributed by atoms with Crippen LogP contribution >= 0.6 is 12.2 Å². The summed E-state index contributed by atoms with van der Waals surface area (Å²) in [6.07, 6.45) is 4.97. The number of hydrogen-bond acceptors (Lipinski definition) is 2. The molecule has 1 aliphatic heterocycles. The Morgan fingerprint density at radius 1 is 1.38 bits per heavy atom. The van der Waals surface area contributed by atoms with E-state index in [1.54, 1.807) is 0 Å². The van der Waals surface area contributed by atoms with E-state index in [1.807, 2.05) is 17.2 Å². The predicted octanol–water partition coefficient (Wildman–Crippen LogP) is 2.30. The van der Waals surface area contributed by atoms with Crippen molar-refractivity contribution in [1.29, 1.82) is 0 Å². The van der Waals surface area contributed by atoms with Crippen molar-refractivity contribution in [2.45, 2.75) is 12.8 Å². The molecule has 1 aliphatic rings. The monoisotopic (exact) mass is 301 g/mol. The lowest BCUT2D eigenvalue weighted by atomic mass is 9.97. The number of piperidine rings is 1. The third-order valence-electron chi connectivity index (χ3n) is 4.16. The van der Waals surface area contributed by atoms with E-state index in [9.17, 15) is 4.79 Å². The van der Waals surface area contributed by atoms with E-state index in [0.717, 1.165) is 55.0 Å². The van der Waals surface area contributed by atoms with E-state index in [0.29, 0.717) is 5.92 Å². The molecule has 0 radical (unpaired) electrons. The SMILES string of the molecule is O=CN1CCC(CNC(=S)c2ccc3[nH]ccc3c2)CC1. The van der Waals surface area contributed by atoms with Gasteiger partial charge in [-0.3, -0.25) is 4.79 Å². The van der Waals surface area contributed by atoms with Crippen LogP contribution in [0, 0.1) is 5.92 Å². The number of benzene rings is 1. The van der Waals surface area contributed by atoms with Gasteiger partial charge in [0.1, 0.15) is 4.99 Å². The Hall–Kier alpha value is -1.88. The van der Waals surface area contributed by atoms with E-state index < -0.39 is 0 Å². The number of H-pyrrole nitrogens is 1. The van der Waals surface area contributed by atoms with Crippen molar-refractivity contribution < 1.29 is 4.79 Å². The molecule has 1 amide bonds. The van der Waals surface area contributed by atoms with Gasteiger partial charge in [-0.1, -0.05) is 12.2 Å². The Kier molecular flexibility index (Phi) is 4.20. The summed E-state index contributed by atoms with van der Waals surface area (Å²) in [6.45, 7) is 2.60. The number of thiocarbonyl (C=S) groups is 1. The maximum Gasteiger partial charge on any atom is 0.209 e. The lowest BCUT2D eigenvalue weighted by molar-refractivity contribution is -0.119. The van der Waals surface area contributed by atoms with Gasteiger partial charge in [0.25, 0.3) is 0 Å². The molecule has 0 bridgehead atoms. The number of carbonyl (C=O) groups excluding carboxylic acids is 1. The number of hydrogen-bond donors (Lipinski definition) is 2. The molecule has 1 saturated heterocycles. The van der Waals surface area contributed by atoms with Gasteiger partial charge in [0.2, 0.25) is 6.41 Å². The average molecular weight is 301 g/mol. The summed E-state index contributed by atoms with van der Waals surface area (Å²) in [6, 6.07) is 8.26. The number of amides is 1. The van der Waals surface area contributed by atoms with Crippen molar-refractivity contribution >= 4 is 34.5 Å². The molecule has 2 N–H and O–H groups in total. The van der Waals surface area contributed by atoms with E-state index in [-0.39, 0.29) is 0 Å². The van der Waals surface area contributed by atoms with Gasteiger partial charge in [0, 0.05) is 42.3 Å². The molecule has 4 nitrogen and oxygen atoms in total. The standard InChI is InChI=1S/C16H19N3OS/c20-11-19-7-4-12(5-8-19)10-18-16(21)14-1-2-15-13(9-14)3-6-17-15/h1-3,6,9,11-12,17H,4-5,7-8,10H2,(H,18,21). The quantitative estimate of drug-likeness (QED) is 0.673. The number of likely N-dealkylation sites (tertiary alicyclic amines) is 1. The average Bonchev–Trinajstić information content (AvgIpc) is 3.00. The van der Waals surface area contributed by atoms with Crippen LogP contribution in [0.15, 0.2) is 30.5 Å². The second-order valence-electron chi connectivity index (χ2n) is 5.57. The molecule has 0 unspecified atom stereocenters. The molecule has 0 aliphatic carbocycles. The molecule has 21 heavy (non-hydrogen) atoms. The summed E-state index contributed by atoms with van der Waals surface area (Å²) < 4.78 is 0. The Balaban J connectivity index is 1.55. The Morgan fingerprint density at radius 2 is 2.19 bits per heavy atom. The minimum absolute atomic E-state index is 0.593. The molecule has 2 heterocycles. The second kappa shape index (κ2) is 6.26. The molecule has 0 saturated carbocycles. The highest BCUT2D eigenvalue weighted by Gasteiger charge is 2.18. The van der Waals surface area contributed by atoms with Crippen molar-refractivity contribution in [3.63, 3.8) is 0 Å².